The molecule has 0 aliphatic carbocycles. The maximum Gasteiger partial charge on any atom is 0.317 e. The fourth-order valence-corrected chi connectivity index (χ4v) is 3.77. The number of carboxylic acid groups (broad SMARTS) is 1. The van der Waals surface area contributed by atoms with Crippen LogP contribution in [0.2, 0.25) is 0 Å². The number of likely N-dealkylation sites (tertiary alicyclic amines) is 1. The van der Waals surface area contributed by atoms with E-state index < -0.39 is 11.9 Å². The summed E-state index contributed by atoms with van der Waals surface area (Å²) >= 11 is 0. The zero-order valence-corrected chi connectivity index (χ0v) is 11.8. The van der Waals surface area contributed by atoms with Crippen molar-refractivity contribution in [3.05, 3.63) is 0 Å². The van der Waals surface area contributed by atoms with Gasteiger partial charge in [-0.3, -0.25) is 4.79 Å². The maximum atomic E-state index is 12.2. The van der Waals surface area contributed by atoms with Crippen LogP contribution in [-0.2, 0) is 4.79 Å². The summed E-state index contributed by atoms with van der Waals surface area (Å²) in [5.41, 5.74) is 0. The summed E-state index contributed by atoms with van der Waals surface area (Å²) in [7, 11) is 0. The van der Waals surface area contributed by atoms with E-state index in [1.807, 2.05) is 0 Å². The van der Waals surface area contributed by atoms with Gasteiger partial charge in [0.05, 0.1) is 5.92 Å². The van der Waals surface area contributed by atoms with Crippen LogP contribution in [0.15, 0.2) is 0 Å². The van der Waals surface area contributed by atoms with Crippen molar-refractivity contribution in [3.8, 4) is 0 Å². The van der Waals surface area contributed by atoms with Gasteiger partial charge in [0.15, 0.2) is 0 Å². The number of nitrogens with zero attached hydrogens (tertiary/aromatic N) is 2. The molecule has 3 unspecified atom stereocenters. The second-order valence-corrected chi connectivity index (χ2v) is 6.27. The number of amides is 2. The Morgan fingerprint density at radius 2 is 1.95 bits per heavy atom. The van der Waals surface area contributed by atoms with Crippen LogP contribution in [0.5, 0.6) is 0 Å². The lowest BCUT2D eigenvalue weighted by Crippen LogP contribution is -2.50. The fraction of sp³-hybridized carbons (Fsp3) is 0.857. The van der Waals surface area contributed by atoms with Crippen LogP contribution >= 0.6 is 0 Å². The van der Waals surface area contributed by atoms with E-state index in [4.69, 9.17) is 5.11 Å². The van der Waals surface area contributed by atoms with Gasteiger partial charge in [-0.05, 0) is 38.6 Å². The number of nitrogens with one attached hydrogen (secondary N) is 1. The molecule has 0 bridgehead atoms. The molecule has 6 nitrogen and oxygen atoms in total. The first kappa shape index (κ1) is 13.7. The fourth-order valence-electron chi connectivity index (χ4n) is 3.77. The predicted octanol–water partition coefficient (Wildman–Crippen LogP) is 0.729. The summed E-state index contributed by atoms with van der Waals surface area (Å²) in [4.78, 5) is 27.3. The minimum atomic E-state index is -0.792. The number of fused-ring (bicyclic) bond motifs is 1. The molecule has 3 aliphatic heterocycles. The number of hydrogen-bond donors (Lipinski definition) is 2. The van der Waals surface area contributed by atoms with Crippen molar-refractivity contribution in [1.82, 2.24) is 15.1 Å². The van der Waals surface area contributed by atoms with Crippen molar-refractivity contribution in [2.45, 2.75) is 44.2 Å². The zero-order valence-electron chi connectivity index (χ0n) is 11.8. The quantitative estimate of drug-likeness (QED) is 0.782. The van der Waals surface area contributed by atoms with E-state index in [0.717, 1.165) is 19.4 Å². The Morgan fingerprint density at radius 3 is 2.70 bits per heavy atom. The molecule has 3 fully saturated rings. The number of urea groups is 1. The van der Waals surface area contributed by atoms with Gasteiger partial charge in [0, 0.05) is 31.7 Å². The first-order chi connectivity index (χ1) is 9.63. The standard InChI is InChI=1S/C14H23N3O3/c18-13(19)10-3-6-17(9-10)14(20)15-11-4-7-16-5-1-2-12(16)8-11/h10-12H,1-9H2,(H,15,20)(H,18,19). The van der Waals surface area contributed by atoms with E-state index in [9.17, 15) is 9.59 Å². The monoisotopic (exact) mass is 281 g/mol. The highest BCUT2D eigenvalue weighted by atomic mass is 16.4. The predicted molar refractivity (Wildman–Crippen MR) is 73.5 cm³/mol. The van der Waals surface area contributed by atoms with Gasteiger partial charge in [-0.1, -0.05) is 0 Å². The number of hydrogen-bond acceptors (Lipinski definition) is 3. The number of piperidine rings is 1. The van der Waals surface area contributed by atoms with Crippen molar-refractivity contribution < 1.29 is 14.7 Å². The third-order valence-electron chi connectivity index (χ3n) is 4.97. The van der Waals surface area contributed by atoms with Crippen molar-refractivity contribution >= 4 is 12.0 Å². The van der Waals surface area contributed by atoms with Gasteiger partial charge in [-0.2, -0.15) is 0 Å². The Labute approximate surface area is 119 Å². The highest BCUT2D eigenvalue weighted by Gasteiger charge is 2.35. The summed E-state index contributed by atoms with van der Waals surface area (Å²) in [6, 6.07) is 0.815. The number of rotatable bonds is 2. The van der Waals surface area contributed by atoms with Gasteiger partial charge in [0.25, 0.3) is 0 Å². The molecule has 2 amide bonds. The molecule has 3 rings (SSSR count). The lowest BCUT2D eigenvalue weighted by Gasteiger charge is -2.35. The lowest BCUT2D eigenvalue weighted by molar-refractivity contribution is -0.141. The van der Waals surface area contributed by atoms with E-state index in [2.05, 4.69) is 10.2 Å². The number of aliphatic carboxylic acids is 1. The van der Waals surface area contributed by atoms with Gasteiger partial charge in [0.1, 0.15) is 0 Å². The number of carbonyl (C=O) groups excluding carboxylic acids is 1. The van der Waals surface area contributed by atoms with E-state index >= 15 is 0 Å². The van der Waals surface area contributed by atoms with Gasteiger partial charge >= 0.3 is 12.0 Å². The van der Waals surface area contributed by atoms with Crippen LogP contribution < -0.4 is 5.32 Å². The van der Waals surface area contributed by atoms with Crippen LogP contribution in [0.4, 0.5) is 4.79 Å². The molecule has 6 heteroatoms. The molecule has 0 radical (unpaired) electrons. The Balaban J connectivity index is 1.48. The Bertz CT molecular complexity index is 401. The van der Waals surface area contributed by atoms with Crippen molar-refractivity contribution in [1.29, 1.82) is 0 Å². The Morgan fingerprint density at radius 1 is 1.10 bits per heavy atom. The second-order valence-electron chi connectivity index (χ2n) is 6.27. The molecule has 3 saturated heterocycles. The molecule has 0 aromatic carbocycles. The first-order valence-electron chi connectivity index (χ1n) is 7.66. The van der Waals surface area contributed by atoms with Crippen LogP contribution in [-0.4, -0.2) is 65.2 Å². The number of carbonyl (C=O) groups is 2. The molecule has 112 valence electrons. The Kier molecular flexibility index (Phi) is 3.83. The van der Waals surface area contributed by atoms with Crippen LogP contribution in [0.1, 0.15) is 32.1 Å². The summed E-state index contributed by atoms with van der Waals surface area (Å²) in [5.74, 6) is -1.18. The molecule has 0 aromatic rings. The number of carboxylic acids is 1. The average Bonchev–Trinajstić information content (AvgIpc) is 3.07. The van der Waals surface area contributed by atoms with E-state index in [1.165, 1.54) is 19.4 Å². The first-order valence-corrected chi connectivity index (χ1v) is 7.66. The van der Waals surface area contributed by atoms with Gasteiger partial charge in [-0.15, -0.1) is 0 Å². The Hall–Kier alpha value is -1.30. The molecule has 3 aliphatic rings. The minimum absolute atomic E-state index is 0.0785. The molecule has 3 atom stereocenters. The van der Waals surface area contributed by atoms with E-state index in [-0.39, 0.29) is 12.1 Å². The molecule has 20 heavy (non-hydrogen) atoms. The zero-order chi connectivity index (χ0) is 14.1. The summed E-state index contributed by atoms with van der Waals surface area (Å²) < 4.78 is 0. The second kappa shape index (κ2) is 5.60. The molecule has 3 heterocycles. The van der Waals surface area contributed by atoms with Crippen molar-refractivity contribution in [2.75, 3.05) is 26.2 Å². The van der Waals surface area contributed by atoms with Crippen LogP contribution in [0, 0.1) is 5.92 Å². The molecular formula is C14H23N3O3. The van der Waals surface area contributed by atoms with Crippen LogP contribution in [0.3, 0.4) is 0 Å². The van der Waals surface area contributed by atoms with Crippen LogP contribution in [0.25, 0.3) is 0 Å². The topological polar surface area (TPSA) is 72.9 Å². The van der Waals surface area contributed by atoms with Gasteiger partial charge < -0.3 is 20.2 Å². The molecular weight excluding hydrogens is 258 g/mol. The molecule has 0 aromatic heterocycles. The van der Waals surface area contributed by atoms with Crippen molar-refractivity contribution in [2.24, 2.45) is 5.92 Å². The lowest BCUT2D eigenvalue weighted by atomic mass is 9.98. The van der Waals surface area contributed by atoms with Gasteiger partial charge in [-0.25, -0.2) is 4.79 Å². The maximum absolute atomic E-state index is 12.2. The largest absolute Gasteiger partial charge is 0.481 e. The third-order valence-corrected chi connectivity index (χ3v) is 4.97. The smallest absolute Gasteiger partial charge is 0.317 e. The third kappa shape index (κ3) is 2.75. The van der Waals surface area contributed by atoms with Crippen molar-refractivity contribution in [3.63, 3.8) is 0 Å². The summed E-state index contributed by atoms with van der Waals surface area (Å²) in [6.45, 7) is 3.19. The normalized spacial score (nSPS) is 34.0. The van der Waals surface area contributed by atoms with Gasteiger partial charge in [0.2, 0.25) is 0 Å². The average molecular weight is 281 g/mol. The minimum Gasteiger partial charge on any atom is -0.481 e. The molecule has 0 spiro atoms. The summed E-state index contributed by atoms with van der Waals surface area (Å²) in [5, 5.41) is 12.1. The van der Waals surface area contributed by atoms with E-state index in [0.29, 0.717) is 25.6 Å². The molecule has 2 N–H and O–H groups in total. The molecule has 0 saturated carbocycles. The highest BCUT2D eigenvalue weighted by Crippen LogP contribution is 2.27. The highest BCUT2D eigenvalue weighted by molar-refractivity contribution is 5.77. The van der Waals surface area contributed by atoms with E-state index in [1.54, 1.807) is 4.90 Å². The summed E-state index contributed by atoms with van der Waals surface area (Å²) in [6.07, 6.45) is 5.15. The SMILES string of the molecule is O=C(O)C1CCN(C(=O)NC2CCN3CCCC3C2)C1.